The summed E-state index contributed by atoms with van der Waals surface area (Å²) in [6.45, 7) is 1.87. The molecule has 13 heavy (non-hydrogen) atoms. The number of carboxylic acids is 1. The number of nitrogens with one attached hydrogen (secondary N) is 1. The van der Waals surface area contributed by atoms with Crippen LogP contribution < -0.4 is 4.89 Å². The van der Waals surface area contributed by atoms with Gasteiger partial charge in [-0.25, -0.2) is 8.42 Å². The second-order valence-corrected chi connectivity index (χ2v) is 4.14. The third-order valence-corrected chi connectivity index (χ3v) is 2.33. The third-order valence-electron chi connectivity index (χ3n) is 1.13. The van der Waals surface area contributed by atoms with Gasteiger partial charge in [0.05, 0.1) is 12.4 Å². The summed E-state index contributed by atoms with van der Waals surface area (Å²) in [6, 6.07) is 0. The van der Waals surface area contributed by atoms with E-state index >= 15 is 0 Å². The summed E-state index contributed by atoms with van der Waals surface area (Å²) in [6.07, 6.45) is -0.0786. The molecule has 0 atom stereocenters. The Morgan fingerprint density at radius 1 is 1.54 bits per heavy atom. The van der Waals surface area contributed by atoms with Crippen molar-refractivity contribution in [2.24, 2.45) is 0 Å². The Bertz CT molecular complexity index is 248. The van der Waals surface area contributed by atoms with Crippen LogP contribution in [0, 0.1) is 0 Å². The summed E-state index contributed by atoms with van der Waals surface area (Å²) in [4.78, 5) is 16.4. The Morgan fingerprint density at radius 3 is 2.62 bits per heavy atom. The van der Waals surface area contributed by atoms with E-state index in [9.17, 15) is 13.2 Å². The molecule has 2 N–H and O–H groups in total. The maximum absolute atomic E-state index is 10.9. The topological polar surface area (TPSA) is 92.7 Å². The molecule has 0 aromatic carbocycles. The van der Waals surface area contributed by atoms with Crippen LogP contribution in [-0.2, 0) is 19.7 Å². The van der Waals surface area contributed by atoms with Crippen LogP contribution in [0.1, 0.15) is 19.8 Å². The smallest absolute Gasteiger partial charge is 0.303 e. The van der Waals surface area contributed by atoms with E-state index in [2.05, 4.69) is 4.84 Å². The standard InChI is InChI=1S/C6H13NO5S/c1-2-12-7-13(10,11)5-3-4-6(8)9/h7H,2-5H2,1H3,(H,8,9). The molecule has 0 aromatic rings. The molecule has 0 unspecified atom stereocenters. The second-order valence-electron chi connectivity index (χ2n) is 2.33. The van der Waals surface area contributed by atoms with E-state index in [0.717, 1.165) is 0 Å². The predicted octanol–water partition coefficient (Wildman–Crippen LogP) is -0.278. The van der Waals surface area contributed by atoms with Crippen molar-refractivity contribution in [2.45, 2.75) is 19.8 Å². The van der Waals surface area contributed by atoms with Gasteiger partial charge in [-0.2, -0.15) is 0 Å². The van der Waals surface area contributed by atoms with Crippen LogP contribution in [0.3, 0.4) is 0 Å². The number of sulfonamides is 1. The van der Waals surface area contributed by atoms with Crippen LogP contribution in [0.25, 0.3) is 0 Å². The van der Waals surface area contributed by atoms with E-state index in [0.29, 0.717) is 0 Å². The van der Waals surface area contributed by atoms with E-state index < -0.39 is 16.0 Å². The number of carbonyl (C=O) groups is 1. The van der Waals surface area contributed by atoms with Gasteiger partial charge in [0.1, 0.15) is 0 Å². The lowest BCUT2D eigenvalue weighted by Crippen LogP contribution is -2.26. The van der Waals surface area contributed by atoms with Gasteiger partial charge in [0.2, 0.25) is 10.0 Å². The average molecular weight is 211 g/mol. The fraction of sp³-hybridized carbons (Fsp3) is 0.833. The monoisotopic (exact) mass is 211 g/mol. The van der Waals surface area contributed by atoms with Gasteiger partial charge in [0.25, 0.3) is 0 Å². The van der Waals surface area contributed by atoms with Gasteiger partial charge in [0.15, 0.2) is 0 Å². The Morgan fingerprint density at radius 2 is 2.15 bits per heavy atom. The molecule has 0 saturated carbocycles. The zero-order chi connectivity index (χ0) is 10.3. The number of hydrogen-bond donors (Lipinski definition) is 2. The van der Waals surface area contributed by atoms with Crippen molar-refractivity contribution in [2.75, 3.05) is 12.4 Å². The first kappa shape index (κ1) is 12.3. The average Bonchev–Trinajstić information content (AvgIpc) is 2.00. The van der Waals surface area contributed by atoms with E-state index in [-0.39, 0.29) is 25.2 Å². The van der Waals surface area contributed by atoms with Crippen molar-refractivity contribution >= 4 is 16.0 Å². The molecule has 0 saturated heterocycles. The van der Waals surface area contributed by atoms with Crippen molar-refractivity contribution in [1.82, 2.24) is 4.89 Å². The molecule has 78 valence electrons. The molecule has 0 radical (unpaired) electrons. The van der Waals surface area contributed by atoms with Crippen LogP contribution in [-0.4, -0.2) is 31.9 Å². The van der Waals surface area contributed by atoms with Gasteiger partial charge in [-0.3, -0.25) is 9.63 Å². The summed E-state index contributed by atoms with van der Waals surface area (Å²) in [5.74, 6) is -1.24. The molecule has 0 aromatic heterocycles. The maximum atomic E-state index is 10.9. The Kier molecular flexibility index (Phi) is 5.60. The van der Waals surface area contributed by atoms with Crippen LogP contribution in [0.4, 0.5) is 0 Å². The molecule has 0 aliphatic rings. The molecule has 0 spiro atoms. The largest absolute Gasteiger partial charge is 0.481 e. The van der Waals surface area contributed by atoms with Crippen LogP contribution >= 0.6 is 0 Å². The second kappa shape index (κ2) is 5.90. The lowest BCUT2D eigenvalue weighted by Gasteiger charge is -2.03. The van der Waals surface area contributed by atoms with Crippen molar-refractivity contribution in [3.05, 3.63) is 0 Å². The molecule has 0 aliphatic carbocycles. The zero-order valence-corrected chi connectivity index (χ0v) is 8.13. The highest BCUT2D eigenvalue weighted by molar-refractivity contribution is 7.89. The molecule has 0 heterocycles. The molecular formula is C6H13NO5S. The molecule has 0 amide bonds. The molecule has 0 bridgehead atoms. The van der Waals surface area contributed by atoms with Crippen molar-refractivity contribution in [3.63, 3.8) is 0 Å². The first-order valence-electron chi connectivity index (χ1n) is 3.81. The molecule has 6 nitrogen and oxygen atoms in total. The lowest BCUT2D eigenvalue weighted by atomic mass is 10.3. The highest BCUT2D eigenvalue weighted by Crippen LogP contribution is 1.94. The van der Waals surface area contributed by atoms with E-state index in [4.69, 9.17) is 5.11 Å². The SMILES string of the molecule is CCONS(=O)(=O)CCCC(=O)O. The van der Waals surface area contributed by atoms with Crippen molar-refractivity contribution in [1.29, 1.82) is 0 Å². The van der Waals surface area contributed by atoms with Gasteiger partial charge in [0, 0.05) is 6.42 Å². The molecule has 7 heteroatoms. The Balaban J connectivity index is 3.70. The van der Waals surface area contributed by atoms with Crippen molar-refractivity contribution in [3.8, 4) is 0 Å². The highest BCUT2D eigenvalue weighted by Gasteiger charge is 2.10. The lowest BCUT2D eigenvalue weighted by molar-refractivity contribution is -0.137. The Labute approximate surface area is 76.9 Å². The van der Waals surface area contributed by atoms with E-state index in [1.54, 1.807) is 6.92 Å². The minimum atomic E-state index is -3.47. The first-order valence-corrected chi connectivity index (χ1v) is 5.46. The summed E-state index contributed by atoms with van der Waals surface area (Å²) in [7, 11) is -3.47. The van der Waals surface area contributed by atoms with Crippen LogP contribution in [0.15, 0.2) is 0 Å². The van der Waals surface area contributed by atoms with Crippen LogP contribution in [0.2, 0.25) is 0 Å². The van der Waals surface area contributed by atoms with Gasteiger partial charge in [-0.15, -0.1) is 0 Å². The highest BCUT2D eigenvalue weighted by atomic mass is 32.2. The van der Waals surface area contributed by atoms with Crippen molar-refractivity contribution < 1.29 is 23.2 Å². The predicted molar refractivity (Wildman–Crippen MR) is 45.4 cm³/mol. The summed E-state index contributed by atoms with van der Waals surface area (Å²) in [5.41, 5.74) is 0. The fourth-order valence-electron chi connectivity index (χ4n) is 0.604. The molecule has 0 aliphatic heterocycles. The molecule has 0 fully saturated rings. The third kappa shape index (κ3) is 7.69. The van der Waals surface area contributed by atoms with E-state index in [1.165, 1.54) is 0 Å². The summed E-state index contributed by atoms with van der Waals surface area (Å²) >= 11 is 0. The molecule has 0 rings (SSSR count). The van der Waals surface area contributed by atoms with E-state index in [1.807, 2.05) is 4.89 Å². The summed E-state index contributed by atoms with van der Waals surface area (Å²) in [5, 5.41) is 8.24. The summed E-state index contributed by atoms with van der Waals surface area (Å²) < 4.78 is 21.9. The number of hydrogen-bond acceptors (Lipinski definition) is 4. The van der Waals surface area contributed by atoms with Gasteiger partial charge in [-0.05, 0) is 13.3 Å². The minimum absolute atomic E-state index is 0.0811. The van der Waals surface area contributed by atoms with Crippen LogP contribution in [0.5, 0.6) is 0 Å². The maximum Gasteiger partial charge on any atom is 0.303 e. The molecular weight excluding hydrogens is 198 g/mol. The van der Waals surface area contributed by atoms with Gasteiger partial charge >= 0.3 is 5.97 Å². The fourth-order valence-corrected chi connectivity index (χ4v) is 1.51. The Hall–Kier alpha value is -0.660. The van der Waals surface area contributed by atoms with Gasteiger partial charge in [-0.1, -0.05) is 4.89 Å². The minimum Gasteiger partial charge on any atom is -0.481 e. The first-order chi connectivity index (χ1) is 5.98. The zero-order valence-electron chi connectivity index (χ0n) is 7.32. The number of aliphatic carboxylic acids is 1. The number of rotatable bonds is 7. The van der Waals surface area contributed by atoms with Gasteiger partial charge < -0.3 is 5.11 Å². The normalized spacial score (nSPS) is 11.5. The quantitative estimate of drug-likeness (QED) is 0.565. The number of carboxylic acid groups (broad SMARTS) is 1.